The molecular weight excluding hydrogens is 158 g/mol. The van der Waals surface area contributed by atoms with Crippen LogP contribution < -0.4 is 5.32 Å². The van der Waals surface area contributed by atoms with Crippen LogP contribution >= 0.6 is 0 Å². The lowest BCUT2D eigenvalue weighted by atomic mass is 9.68. The van der Waals surface area contributed by atoms with Gasteiger partial charge in [-0.2, -0.15) is 0 Å². The van der Waals surface area contributed by atoms with Crippen molar-refractivity contribution in [3.05, 3.63) is 0 Å². The van der Waals surface area contributed by atoms with E-state index in [4.69, 9.17) is 0 Å². The molecule has 0 bridgehead atoms. The molecule has 1 heteroatoms. The molecule has 1 aliphatic carbocycles. The number of hydrogen-bond donors (Lipinski definition) is 1. The highest BCUT2D eigenvalue weighted by Crippen LogP contribution is 2.40. The van der Waals surface area contributed by atoms with Crippen molar-refractivity contribution in [2.24, 2.45) is 11.8 Å². The van der Waals surface area contributed by atoms with E-state index < -0.39 is 0 Å². The topological polar surface area (TPSA) is 12.0 Å². The van der Waals surface area contributed by atoms with E-state index in [0.717, 1.165) is 11.8 Å². The minimum Gasteiger partial charge on any atom is -0.311 e. The van der Waals surface area contributed by atoms with Gasteiger partial charge in [0.15, 0.2) is 0 Å². The average Bonchev–Trinajstić information content (AvgIpc) is 2.01. The molecular formula is C12H23N. The third-order valence-electron chi connectivity index (χ3n) is 3.86. The zero-order valence-corrected chi connectivity index (χ0v) is 9.10. The predicted molar refractivity (Wildman–Crippen MR) is 56.8 cm³/mol. The summed E-state index contributed by atoms with van der Waals surface area (Å²) in [6.07, 6.45) is 8.75. The first-order valence-electron chi connectivity index (χ1n) is 5.95. The molecule has 2 atom stereocenters. The largest absolute Gasteiger partial charge is 0.311 e. The Bertz CT molecular complexity index is 170. The van der Waals surface area contributed by atoms with E-state index in [9.17, 15) is 0 Å². The second-order valence-corrected chi connectivity index (χ2v) is 5.55. The molecule has 1 N–H and O–H groups in total. The van der Waals surface area contributed by atoms with Gasteiger partial charge >= 0.3 is 0 Å². The fourth-order valence-electron chi connectivity index (χ4n) is 3.22. The van der Waals surface area contributed by atoms with Crippen LogP contribution in [0.15, 0.2) is 0 Å². The molecule has 1 spiro atoms. The zero-order chi connectivity index (χ0) is 9.31. The fraction of sp³-hybridized carbons (Fsp3) is 1.00. The van der Waals surface area contributed by atoms with E-state index in [-0.39, 0.29) is 0 Å². The molecule has 76 valence electrons. The predicted octanol–water partition coefficient (Wildman–Crippen LogP) is 2.95. The molecule has 1 aliphatic heterocycles. The Kier molecular flexibility index (Phi) is 2.64. The first-order chi connectivity index (χ1) is 6.20. The lowest BCUT2D eigenvalue weighted by molar-refractivity contribution is 0.0990. The second-order valence-electron chi connectivity index (χ2n) is 5.55. The van der Waals surface area contributed by atoms with Gasteiger partial charge in [-0.1, -0.05) is 26.7 Å². The molecule has 1 saturated carbocycles. The maximum atomic E-state index is 3.66. The van der Waals surface area contributed by atoms with Gasteiger partial charge in [-0.05, 0) is 44.1 Å². The van der Waals surface area contributed by atoms with E-state index >= 15 is 0 Å². The van der Waals surface area contributed by atoms with Gasteiger partial charge in [0.1, 0.15) is 0 Å². The summed E-state index contributed by atoms with van der Waals surface area (Å²) < 4.78 is 0. The summed E-state index contributed by atoms with van der Waals surface area (Å²) in [5.74, 6) is 1.90. The lowest BCUT2D eigenvalue weighted by Crippen LogP contribution is -2.59. The Morgan fingerprint density at radius 3 is 2.69 bits per heavy atom. The molecule has 0 aromatic carbocycles. The summed E-state index contributed by atoms with van der Waals surface area (Å²) in [4.78, 5) is 0. The first-order valence-corrected chi connectivity index (χ1v) is 5.95. The summed E-state index contributed by atoms with van der Waals surface area (Å²) in [5.41, 5.74) is 0.609. The molecule has 2 unspecified atom stereocenters. The van der Waals surface area contributed by atoms with E-state index in [1.165, 1.54) is 45.1 Å². The van der Waals surface area contributed by atoms with Crippen LogP contribution in [-0.4, -0.2) is 12.1 Å². The SMILES string of the molecule is CC(C)CC1CCCC2(CCN2)C1. The Morgan fingerprint density at radius 1 is 1.38 bits per heavy atom. The van der Waals surface area contributed by atoms with E-state index in [2.05, 4.69) is 19.2 Å². The van der Waals surface area contributed by atoms with Crippen LogP contribution in [0, 0.1) is 11.8 Å². The van der Waals surface area contributed by atoms with Crippen molar-refractivity contribution in [3.8, 4) is 0 Å². The van der Waals surface area contributed by atoms with Gasteiger partial charge in [0.05, 0.1) is 0 Å². The molecule has 13 heavy (non-hydrogen) atoms. The molecule has 0 radical (unpaired) electrons. The quantitative estimate of drug-likeness (QED) is 0.690. The summed E-state index contributed by atoms with van der Waals surface area (Å²) in [6.45, 7) is 5.99. The van der Waals surface area contributed by atoms with Crippen LogP contribution in [0.2, 0.25) is 0 Å². The highest BCUT2D eigenvalue weighted by Gasteiger charge is 2.40. The second kappa shape index (κ2) is 3.61. The summed E-state index contributed by atoms with van der Waals surface area (Å²) >= 11 is 0. The van der Waals surface area contributed by atoms with Gasteiger partial charge in [-0.25, -0.2) is 0 Å². The van der Waals surface area contributed by atoms with Crippen LogP contribution in [0.25, 0.3) is 0 Å². The van der Waals surface area contributed by atoms with Crippen LogP contribution in [0.1, 0.15) is 52.4 Å². The average molecular weight is 181 g/mol. The lowest BCUT2D eigenvalue weighted by Gasteiger charge is -2.49. The number of nitrogens with one attached hydrogen (secondary N) is 1. The van der Waals surface area contributed by atoms with Gasteiger partial charge in [-0.3, -0.25) is 0 Å². The van der Waals surface area contributed by atoms with Gasteiger partial charge in [0, 0.05) is 5.54 Å². The molecule has 0 aromatic heterocycles. The van der Waals surface area contributed by atoms with Crippen LogP contribution in [0.4, 0.5) is 0 Å². The summed E-state index contributed by atoms with van der Waals surface area (Å²) in [5, 5.41) is 3.66. The molecule has 0 aromatic rings. The molecule has 2 aliphatic rings. The van der Waals surface area contributed by atoms with Crippen molar-refractivity contribution < 1.29 is 0 Å². The number of hydrogen-bond acceptors (Lipinski definition) is 1. The van der Waals surface area contributed by atoms with Crippen molar-refractivity contribution in [2.45, 2.75) is 57.9 Å². The van der Waals surface area contributed by atoms with Gasteiger partial charge in [0.25, 0.3) is 0 Å². The number of rotatable bonds is 2. The van der Waals surface area contributed by atoms with Crippen LogP contribution in [-0.2, 0) is 0 Å². The van der Waals surface area contributed by atoms with Crippen molar-refractivity contribution in [3.63, 3.8) is 0 Å². The van der Waals surface area contributed by atoms with Gasteiger partial charge in [0.2, 0.25) is 0 Å². The third-order valence-corrected chi connectivity index (χ3v) is 3.86. The molecule has 1 nitrogen and oxygen atoms in total. The Hall–Kier alpha value is -0.0400. The molecule has 2 rings (SSSR count). The van der Waals surface area contributed by atoms with E-state index in [0.29, 0.717) is 5.54 Å². The zero-order valence-electron chi connectivity index (χ0n) is 9.10. The van der Waals surface area contributed by atoms with Crippen molar-refractivity contribution in [1.29, 1.82) is 0 Å². The van der Waals surface area contributed by atoms with Crippen molar-refractivity contribution in [2.75, 3.05) is 6.54 Å². The van der Waals surface area contributed by atoms with E-state index in [1.54, 1.807) is 0 Å². The van der Waals surface area contributed by atoms with Gasteiger partial charge < -0.3 is 5.32 Å². The molecule has 2 fully saturated rings. The fourth-order valence-corrected chi connectivity index (χ4v) is 3.22. The summed E-state index contributed by atoms with van der Waals surface area (Å²) in [7, 11) is 0. The highest BCUT2D eigenvalue weighted by atomic mass is 15.0. The molecule has 0 amide bonds. The minimum absolute atomic E-state index is 0.609. The first kappa shape index (κ1) is 9.51. The Labute approximate surface area is 82.3 Å². The monoisotopic (exact) mass is 181 g/mol. The Balaban J connectivity index is 1.85. The Morgan fingerprint density at radius 2 is 2.15 bits per heavy atom. The minimum atomic E-state index is 0.609. The normalized spacial score (nSPS) is 39.5. The maximum absolute atomic E-state index is 3.66. The summed E-state index contributed by atoms with van der Waals surface area (Å²) in [6, 6.07) is 0. The molecule has 1 heterocycles. The van der Waals surface area contributed by atoms with Crippen molar-refractivity contribution in [1.82, 2.24) is 5.32 Å². The smallest absolute Gasteiger partial charge is 0.0196 e. The van der Waals surface area contributed by atoms with Crippen LogP contribution in [0.5, 0.6) is 0 Å². The molecule has 1 saturated heterocycles. The third kappa shape index (κ3) is 2.07. The van der Waals surface area contributed by atoms with Crippen molar-refractivity contribution >= 4 is 0 Å². The van der Waals surface area contributed by atoms with Crippen LogP contribution in [0.3, 0.4) is 0 Å². The van der Waals surface area contributed by atoms with E-state index in [1.807, 2.05) is 0 Å². The highest BCUT2D eigenvalue weighted by molar-refractivity contribution is 5.00. The van der Waals surface area contributed by atoms with Gasteiger partial charge in [-0.15, -0.1) is 0 Å². The maximum Gasteiger partial charge on any atom is 0.0196 e. The standard InChI is InChI=1S/C12H23N/c1-10(2)8-11-4-3-5-12(9-11)6-7-13-12/h10-11,13H,3-9H2,1-2H3.